The molecule has 0 radical (unpaired) electrons. The first kappa shape index (κ1) is 13.6. The lowest BCUT2D eigenvalue weighted by Gasteiger charge is -2.44. The number of piperazine rings is 1. The lowest BCUT2D eigenvalue weighted by Crippen LogP contribution is -2.58. The van der Waals surface area contributed by atoms with E-state index in [1.54, 1.807) is 0 Å². The summed E-state index contributed by atoms with van der Waals surface area (Å²) < 4.78 is 0. The van der Waals surface area contributed by atoms with Crippen LogP contribution >= 0.6 is 0 Å². The van der Waals surface area contributed by atoms with Gasteiger partial charge in [0.05, 0.1) is 5.54 Å². The van der Waals surface area contributed by atoms with Gasteiger partial charge in [-0.25, -0.2) is 0 Å². The van der Waals surface area contributed by atoms with Crippen molar-refractivity contribution in [2.24, 2.45) is 0 Å². The summed E-state index contributed by atoms with van der Waals surface area (Å²) in [7, 11) is 0. The van der Waals surface area contributed by atoms with Crippen molar-refractivity contribution < 1.29 is 0 Å². The normalized spacial score (nSPS) is 27.1. The van der Waals surface area contributed by atoms with Gasteiger partial charge in [-0.05, 0) is 25.8 Å². The van der Waals surface area contributed by atoms with Gasteiger partial charge in [-0.15, -0.1) is 0 Å². The van der Waals surface area contributed by atoms with E-state index in [2.05, 4.69) is 61.3 Å². The van der Waals surface area contributed by atoms with E-state index in [4.69, 9.17) is 0 Å². The van der Waals surface area contributed by atoms with Gasteiger partial charge in [0.1, 0.15) is 0 Å². The number of nitrogens with one attached hydrogen (secondary N) is 1. The Kier molecular flexibility index (Phi) is 4.41. The van der Waals surface area contributed by atoms with Crippen LogP contribution in [0.25, 0.3) is 0 Å². The van der Waals surface area contributed by atoms with Crippen molar-refractivity contribution in [3.63, 3.8) is 0 Å². The van der Waals surface area contributed by atoms with Crippen molar-refractivity contribution in [1.82, 2.24) is 10.2 Å². The lowest BCUT2D eigenvalue weighted by molar-refractivity contribution is 0.102. The van der Waals surface area contributed by atoms with Gasteiger partial charge in [0, 0.05) is 25.7 Å². The number of benzene rings is 1. The van der Waals surface area contributed by atoms with Crippen LogP contribution in [0.15, 0.2) is 30.3 Å². The smallest absolute Gasteiger partial charge is 0.0535 e. The molecule has 0 aliphatic carbocycles. The molecule has 2 rings (SSSR count). The zero-order valence-electron chi connectivity index (χ0n) is 11.9. The average molecular weight is 246 g/mol. The molecule has 1 saturated heterocycles. The zero-order valence-corrected chi connectivity index (χ0v) is 11.9. The Balaban J connectivity index is 2.10. The molecule has 1 N–H and O–H groups in total. The van der Waals surface area contributed by atoms with Crippen LogP contribution in [0.5, 0.6) is 0 Å². The molecule has 1 aliphatic rings. The first-order valence-corrected chi connectivity index (χ1v) is 7.20. The summed E-state index contributed by atoms with van der Waals surface area (Å²) >= 11 is 0. The molecule has 100 valence electrons. The Morgan fingerprint density at radius 1 is 1.33 bits per heavy atom. The van der Waals surface area contributed by atoms with Crippen LogP contribution in [0.3, 0.4) is 0 Å². The van der Waals surface area contributed by atoms with E-state index >= 15 is 0 Å². The molecule has 1 aromatic carbocycles. The fourth-order valence-corrected chi connectivity index (χ4v) is 2.99. The third-order valence-corrected chi connectivity index (χ3v) is 4.17. The number of rotatable bonds is 4. The summed E-state index contributed by atoms with van der Waals surface area (Å²) in [6.45, 7) is 10.3. The van der Waals surface area contributed by atoms with Gasteiger partial charge in [0.15, 0.2) is 0 Å². The molecular weight excluding hydrogens is 220 g/mol. The maximum absolute atomic E-state index is 3.70. The molecule has 2 heteroatoms. The van der Waals surface area contributed by atoms with E-state index < -0.39 is 0 Å². The fraction of sp³-hybridized carbons (Fsp3) is 0.625. The fourth-order valence-electron chi connectivity index (χ4n) is 2.99. The minimum Gasteiger partial charge on any atom is -0.305 e. The highest BCUT2D eigenvalue weighted by Crippen LogP contribution is 2.25. The van der Waals surface area contributed by atoms with Crippen LogP contribution in [0.4, 0.5) is 0 Å². The predicted molar refractivity (Wildman–Crippen MR) is 77.7 cm³/mol. The van der Waals surface area contributed by atoms with Crippen molar-refractivity contribution >= 4 is 0 Å². The summed E-state index contributed by atoms with van der Waals surface area (Å²) in [5.74, 6) is 0. The van der Waals surface area contributed by atoms with Crippen molar-refractivity contribution in [2.45, 2.75) is 45.2 Å². The van der Waals surface area contributed by atoms with E-state index in [1.165, 1.54) is 24.9 Å². The van der Waals surface area contributed by atoms with E-state index in [0.717, 1.165) is 13.1 Å². The minimum absolute atomic E-state index is 0.0987. The van der Waals surface area contributed by atoms with Crippen LogP contribution in [-0.2, 0) is 5.54 Å². The second kappa shape index (κ2) is 5.85. The first-order valence-electron chi connectivity index (χ1n) is 7.20. The summed E-state index contributed by atoms with van der Waals surface area (Å²) in [5.41, 5.74) is 1.50. The summed E-state index contributed by atoms with van der Waals surface area (Å²) in [6.07, 6.45) is 2.57. The van der Waals surface area contributed by atoms with Crippen molar-refractivity contribution in [1.29, 1.82) is 0 Å². The van der Waals surface area contributed by atoms with Crippen molar-refractivity contribution in [3.8, 4) is 0 Å². The van der Waals surface area contributed by atoms with Gasteiger partial charge in [-0.1, -0.05) is 43.7 Å². The Labute approximate surface area is 111 Å². The second-order valence-corrected chi connectivity index (χ2v) is 5.73. The minimum atomic E-state index is 0.0987. The molecule has 18 heavy (non-hydrogen) atoms. The molecule has 2 nitrogen and oxygen atoms in total. The van der Waals surface area contributed by atoms with Crippen LogP contribution in [-0.4, -0.2) is 30.6 Å². The monoisotopic (exact) mass is 246 g/mol. The Bertz CT molecular complexity index is 363. The number of hydrogen-bond acceptors (Lipinski definition) is 2. The van der Waals surface area contributed by atoms with Crippen LogP contribution in [0.1, 0.15) is 39.2 Å². The van der Waals surface area contributed by atoms with E-state index in [0.29, 0.717) is 6.04 Å². The van der Waals surface area contributed by atoms with Crippen LogP contribution in [0, 0.1) is 0 Å². The third kappa shape index (κ3) is 2.93. The largest absolute Gasteiger partial charge is 0.305 e. The lowest BCUT2D eigenvalue weighted by atomic mass is 9.89. The van der Waals surface area contributed by atoms with E-state index in [9.17, 15) is 0 Å². The number of hydrogen-bond donors (Lipinski definition) is 1. The van der Waals surface area contributed by atoms with Gasteiger partial charge in [-0.2, -0.15) is 0 Å². The van der Waals surface area contributed by atoms with E-state index in [1.807, 2.05) is 0 Å². The Morgan fingerprint density at radius 2 is 2.06 bits per heavy atom. The van der Waals surface area contributed by atoms with E-state index in [-0.39, 0.29) is 5.54 Å². The van der Waals surface area contributed by atoms with Gasteiger partial charge in [-0.3, -0.25) is 4.90 Å². The van der Waals surface area contributed by atoms with Crippen molar-refractivity contribution in [2.75, 3.05) is 19.6 Å². The molecule has 2 unspecified atom stereocenters. The molecule has 1 fully saturated rings. The second-order valence-electron chi connectivity index (χ2n) is 5.73. The SMILES string of the molecule is CCCC(C)N1CCNC(C)(c2ccccc2)C1. The zero-order chi connectivity index (χ0) is 13.0. The maximum Gasteiger partial charge on any atom is 0.0535 e. The molecule has 1 heterocycles. The molecule has 0 saturated carbocycles. The van der Waals surface area contributed by atoms with Crippen molar-refractivity contribution in [3.05, 3.63) is 35.9 Å². The summed E-state index contributed by atoms with van der Waals surface area (Å²) in [5, 5.41) is 3.70. The van der Waals surface area contributed by atoms with Gasteiger partial charge >= 0.3 is 0 Å². The third-order valence-electron chi connectivity index (χ3n) is 4.17. The Morgan fingerprint density at radius 3 is 2.72 bits per heavy atom. The highest BCUT2D eigenvalue weighted by atomic mass is 15.2. The highest BCUT2D eigenvalue weighted by Gasteiger charge is 2.33. The molecule has 0 aromatic heterocycles. The number of nitrogens with zero attached hydrogens (tertiary/aromatic N) is 1. The maximum atomic E-state index is 3.70. The molecule has 0 amide bonds. The summed E-state index contributed by atoms with van der Waals surface area (Å²) in [4.78, 5) is 2.63. The average Bonchev–Trinajstić information content (AvgIpc) is 2.40. The highest BCUT2D eigenvalue weighted by molar-refractivity contribution is 5.24. The van der Waals surface area contributed by atoms with Crippen LogP contribution in [0.2, 0.25) is 0 Å². The Hall–Kier alpha value is -0.860. The quantitative estimate of drug-likeness (QED) is 0.878. The molecule has 1 aromatic rings. The molecule has 0 bridgehead atoms. The van der Waals surface area contributed by atoms with Gasteiger partial charge < -0.3 is 5.32 Å². The molecule has 2 atom stereocenters. The predicted octanol–water partition coefficient (Wildman–Crippen LogP) is 3.00. The topological polar surface area (TPSA) is 15.3 Å². The molecular formula is C16H26N2. The standard InChI is InChI=1S/C16H26N2/c1-4-8-14(2)18-12-11-17-16(3,13-18)15-9-6-5-7-10-15/h5-7,9-10,14,17H,4,8,11-13H2,1-3H3. The molecule has 0 spiro atoms. The first-order chi connectivity index (χ1) is 8.65. The van der Waals surface area contributed by atoms with Gasteiger partial charge in [0.25, 0.3) is 0 Å². The van der Waals surface area contributed by atoms with Crippen LogP contribution < -0.4 is 5.32 Å². The summed E-state index contributed by atoms with van der Waals surface area (Å²) in [6, 6.07) is 11.5. The van der Waals surface area contributed by atoms with Gasteiger partial charge in [0.2, 0.25) is 0 Å². The molecule has 1 aliphatic heterocycles.